The second-order valence-corrected chi connectivity index (χ2v) is 5.04. The maximum Gasteiger partial charge on any atom is 0.277 e. The molecule has 1 fully saturated rings. The second kappa shape index (κ2) is 5.97. The minimum absolute atomic E-state index is 0.314. The highest BCUT2D eigenvalue weighted by Gasteiger charge is 2.44. The summed E-state index contributed by atoms with van der Waals surface area (Å²) in [4.78, 5) is 24.3. The maximum absolute atomic E-state index is 12.1. The molecule has 1 aromatic heterocycles. The highest BCUT2D eigenvalue weighted by Crippen LogP contribution is 2.28. The van der Waals surface area contributed by atoms with Crippen LogP contribution in [-0.4, -0.2) is 45.3 Å². The van der Waals surface area contributed by atoms with Crippen LogP contribution in [-0.2, 0) is 9.59 Å². The Hall–Kier alpha value is -2.34. The number of hydrogen-bond acceptors (Lipinski definition) is 7. The monoisotopic (exact) mass is 306 g/mol. The molecule has 0 N–H and O–H groups in total. The quantitative estimate of drug-likeness (QED) is 0.619. The number of hydrogen-bond donors (Lipinski definition) is 0. The number of azo groups is 1. The summed E-state index contributed by atoms with van der Waals surface area (Å²) >= 11 is 1.02. The lowest BCUT2D eigenvalue weighted by atomic mass is 10.3. The van der Waals surface area contributed by atoms with Crippen LogP contribution in [0.3, 0.4) is 0 Å². The van der Waals surface area contributed by atoms with Gasteiger partial charge in [0.2, 0.25) is 6.04 Å². The Labute approximate surface area is 125 Å². The van der Waals surface area contributed by atoms with Crippen LogP contribution in [0, 0.1) is 18.3 Å². The molecule has 2 heterocycles. The lowest BCUT2D eigenvalue weighted by molar-refractivity contribution is -0.145. The van der Waals surface area contributed by atoms with E-state index in [-0.39, 0.29) is 0 Å². The lowest BCUT2D eigenvalue weighted by Gasteiger charge is -2.24. The molecule has 1 aliphatic rings. The molecule has 8 nitrogen and oxygen atoms in total. The molecular formula is C12H14N6O2S. The molecule has 0 saturated carbocycles. The van der Waals surface area contributed by atoms with Crippen molar-refractivity contribution >= 4 is 28.3 Å². The molecule has 0 unspecified atom stereocenters. The topological polar surface area (TPSA) is 102 Å². The molecule has 2 rings (SSSR count). The van der Waals surface area contributed by atoms with Gasteiger partial charge in [0.15, 0.2) is 5.00 Å². The number of amides is 2. The van der Waals surface area contributed by atoms with Gasteiger partial charge in [-0.15, -0.1) is 5.11 Å². The standard InChI is InChI=1S/C12H14N6O2S/c1-4-17-11(19)9(12(20)18(17)5-2)14-15-10-8(6-13)7(3)16-21-10/h9H,4-5H2,1-3H3/b15-14+. The smallest absolute Gasteiger partial charge is 0.270 e. The van der Waals surface area contributed by atoms with E-state index in [0.29, 0.717) is 29.3 Å². The fourth-order valence-corrected chi connectivity index (χ4v) is 2.73. The summed E-state index contributed by atoms with van der Waals surface area (Å²) in [5.41, 5.74) is 0.882. The molecule has 1 saturated heterocycles. The first-order valence-corrected chi connectivity index (χ1v) is 7.22. The van der Waals surface area contributed by atoms with E-state index >= 15 is 0 Å². The Balaban J connectivity index is 2.27. The number of carbonyl (C=O) groups excluding carboxylic acids is 2. The van der Waals surface area contributed by atoms with Gasteiger partial charge in [-0.05, 0) is 32.3 Å². The first kappa shape index (κ1) is 15.1. The van der Waals surface area contributed by atoms with Crippen molar-refractivity contribution in [2.24, 2.45) is 10.2 Å². The molecule has 0 spiro atoms. The van der Waals surface area contributed by atoms with Crippen molar-refractivity contribution in [3.8, 4) is 6.07 Å². The van der Waals surface area contributed by atoms with Gasteiger partial charge in [0, 0.05) is 13.1 Å². The van der Waals surface area contributed by atoms with E-state index in [9.17, 15) is 9.59 Å². The summed E-state index contributed by atoms with van der Waals surface area (Å²) in [7, 11) is 0. The summed E-state index contributed by atoms with van der Waals surface area (Å²) in [6, 6.07) is 0.817. The van der Waals surface area contributed by atoms with Gasteiger partial charge < -0.3 is 0 Å². The highest BCUT2D eigenvalue weighted by molar-refractivity contribution is 7.10. The predicted octanol–water partition coefficient (Wildman–Crippen LogP) is 1.40. The molecule has 0 aliphatic carbocycles. The first-order chi connectivity index (χ1) is 10.0. The second-order valence-electron chi connectivity index (χ2n) is 4.29. The number of nitrogens with zero attached hydrogens (tertiary/aromatic N) is 6. The van der Waals surface area contributed by atoms with Crippen LogP contribution in [0.4, 0.5) is 5.00 Å². The van der Waals surface area contributed by atoms with Crippen molar-refractivity contribution in [3.05, 3.63) is 11.3 Å². The Kier molecular flexibility index (Phi) is 4.28. The number of carbonyl (C=O) groups is 2. The van der Waals surface area contributed by atoms with Crippen LogP contribution >= 0.6 is 11.5 Å². The minimum atomic E-state index is -1.17. The predicted molar refractivity (Wildman–Crippen MR) is 74.6 cm³/mol. The van der Waals surface area contributed by atoms with Gasteiger partial charge in [-0.3, -0.25) is 9.59 Å². The Morgan fingerprint density at radius 1 is 1.29 bits per heavy atom. The van der Waals surface area contributed by atoms with Gasteiger partial charge in [0.1, 0.15) is 11.6 Å². The highest BCUT2D eigenvalue weighted by atomic mass is 32.1. The molecule has 0 atom stereocenters. The van der Waals surface area contributed by atoms with Gasteiger partial charge in [0.25, 0.3) is 11.8 Å². The summed E-state index contributed by atoms with van der Waals surface area (Å²) in [6.45, 7) is 6.06. The maximum atomic E-state index is 12.1. The van der Waals surface area contributed by atoms with Crippen molar-refractivity contribution in [2.45, 2.75) is 26.8 Å². The van der Waals surface area contributed by atoms with E-state index < -0.39 is 17.9 Å². The largest absolute Gasteiger partial charge is 0.277 e. The van der Waals surface area contributed by atoms with Gasteiger partial charge in [-0.2, -0.15) is 14.7 Å². The molecule has 1 aliphatic heterocycles. The average Bonchev–Trinajstić information content (AvgIpc) is 2.94. The van der Waals surface area contributed by atoms with Crippen LogP contribution in [0.25, 0.3) is 0 Å². The third-order valence-corrected chi connectivity index (χ3v) is 3.91. The zero-order chi connectivity index (χ0) is 15.6. The third-order valence-electron chi connectivity index (χ3n) is 3.09. The van der Waals surface area contributed by atoms with Crippen LogP contribution < -0.4 is 0 Å². The van der Waals surface area contributed by atoms with Crippen LogP contribution in [0.15, 0.2) is 10.2 Å². The van der Waals surface area contributed by atoms with E-state index in [1.807, 2.05) is 6.07 Å². The zero-order valence-corrected chi connectivity index (χ0v) is 12.7. The SMILES string of the molecule is CCN1C(=O)C(/N=N/c2snc(C)c2C#N)C(=O)N1CC. The van der Waals surface area contributed by atoms with E-state index in [1.165, 1.54) is 10.0 Å². The summed E-state index contributed by atoms with van der Waals surface area (Å²) in [5, 5.41) is 19.8. The van der Waals surface area contributed by atoms with Crippen molar-refractivity contribution < 1.29 is 9.59 Å². The lowest BCUT2D eigenvalue weighted by Crippen LogP contribution is -2.40. The van der Waals surface area contributed by atoms with Crippen molar-refractivity contribution in [1.29, 1.82) is 5.26 Å². The molecule has 1 aromatic rings. The number of aromatic nitrogens is 1. The Morgan fingerprint density at radius 3 is 2.33 bits per heavy atom. The number of nitriles is 1. The molecule has 2 amide bonds. The van der Waals surface area contributed by atoms with E-state index in [0.717, 1.165) is 11.5 Å². The molecular weight excluding hydrogens is 292 g/mol. The van der Waals surface area contributed by atoms with Crippen molar-refractivity contribution in [3.63, 3.8) is 0 Å². The van der Waals surface area contributed by atoms with Gasteiger partial charge >= 0.3 is 0 Å². The Morgan fingerprint density at radius 2 is 1.86 bits per heavy atom. The number of likely N-dealkylation sites (N-methyl/N-ethyl adjacent to an activating group) is 2. The fraction of sp³-hybridized carbons (Fsp3) is 0.500. The summed E-state index contributed by atoms with van der Waals surface area (Å²) in [6.07, 6.45) is 0. The molecule has 110 valence electrons. The Bertz CT molecular complexity index is 625. The fourth-order valence-electron chi connectivity index (χ4n) is 2.04. The average molecular weight is 306 g/mol. The van der Waals surface area contributed by atoms with E-state index in [2.05, 4.69) is 14.6 Å². The van der Waals surface area contributed by atoms with Crippen molar-refractivity contribution in [1.82, 2.24) is 14.4 Å². The van der Waals surface area contributed by atoms with Crippen LogP contribution in [0.5, 0.6) is 0 Å². The van der Waals surface area contributed by atoms with Gasteiger partial charge in [-0.25, -0.2) is 10.0 Å². The van der Waals surface area contributed by atoms with Crippen LogP contribution in [0.2, 0.25) is 0 Å². The van der Waals surface area contributed by atoms with Gasteiger partial charge in [0.05, 0.1) is 5.69 Å². The molecule has 9 heteroatoms. The first-order valence-electron chi connectivity index (χ1n) is 6.45. The molecule has 21 heavy (non-hydrogen) atoms. The molecule has 0 radical (unpaired) electrons. The number of rotatable bonds is 4. The number of aryl methyl sites for hydroxylation is 1. The van der Waals surface area contributed by atoms with Crippen LogP contribution in [0.1, 0.15) is 25.1 Å². The molecule has 0 aromatic carbocycles. The number of hydrazine groups is 1. The summed E-state index contributed by atoms with van der Waals surface area (Å²) < 4.78 is 4.01. The zero-order valence-electron chi connectivity index (χ0n) is 11.9. The minimum Gasteiger partial charge on any atom is -0.270 e. The molecule has 0 bridgehead atoms. The van der Waals surface area contributed by atoms with Gasteiger partial charge in [-0.1, -0.05) is 0 Å². The third kappa shape index (κ3) is 2.50. The summed E-state index contributed by atoms with van der Waals surface area (Å²) in [5.74, 6) is -0.791. The van der Waals surface area contributed by atoms with Crippen molar-refractivity contribution in [2.75, 3.05) is 13.1 Å². The van der Waals surface area contributed by atoms with E-state index in [1.54, 1.807) is 20.8 Å². The van der Waals surface area contributed by atoms with E-state index in [4.69, 9.17) is 5.26 Å². The normalized spacial score (nSPS) is 16.3.